The van der Waals surface area contributed by atoms with Gasteiger partial charge in [-0.2, -0.15) is 0 Å². The first-order valence-corrected chi connectivity index (χ1v) is 8.01. The third kappa shape index (κ3) is 2.50. The van der Waals surface area contributed by atoms with E-state index in [9.17, 15) is 8.42 Å². The molecule has 0 saturated carbocycles. The van der Waals surface area contributed by atoms with Crippen molar-refractivity contribution in [2.45, 2.75) is 17.9 Å². The smallest absolute Gasteiger partial charge is 0.263 e. The molecule has 1 aliphatic rings. The molecule has 1 heterocycles. The van der Waals surface area contributed by atoms with Crippen molar-refractivity contribution >= 4 is 21.5 Å². The predicted octanol–water partition coefficient (Wildman–Crippen LogP) is 2.07. The predicted molar refractivity (Wildman–Crippen MR) is 82.6 cm³/mol. The van der Waals surface area contributed by atoms with Gasteiger partial charge in [0, 0.05) is 11.3 Å². The van der Waals surface area contributed by atoms with E-state index in [-0.39, 0.29) is 10.9 Å². The van der Waals surface area contributed by atoms with Crippen LogP contribution in [0.25, 0.3) is 0 Å². The van der Waals surface area contributed by atoms with Gasteiger partial charge in [0.15, 0.2) is 0 Å². The molecule has 1 unspecified atom stereocenters. The Labute approximate surface area is 123 Å². The lowest BCUT2D eigenvalue weighted by Crippen LogP contribution is -2.22. The summed E-state index contributed by atoms with van der Waals surface area (Å²) in [4.78, 5) is 4.77. The van der Waals surface area contributed by atoms with Crippen molar-refractivity contribution in [3.8, 4) is 0 Å². The highest BCUT2D eigenvalue weighted by Crippen LogP contribution is 2.25. The monoisotopic (exact) mass is 301 g/mol. The maximum absolute atomic E-state index is 12.0. The van der Waals surface area contributed by atoms with E-state index in [2.05, 4.69) is 9.71 Å². The van der Waals surface area contributed by atoms with E-state index >= 15 is 0 Å². The minimum atomic E-state index is -3.49. The Morgan fingerprint density at radius 3 is 2.48 bits per heavy atom. The van der Waals surface area contributed by atoms with Gasteiger partial charge in [0.25, 0.3) is 10.0 Å². The fourth-order valence-electron chi connectivity index (χ4n) is 2.27. The first kappa shape index (κ1) is 13.6. The summed E-state index contributed by atoms with van der Waals surface area (Å²) < 4.78 is 26.5. The Kier molecular flexibility index (Phi) is 3.17. The SMILES string of the molecule is CC(N=C1NS(=O)(=O)c2ccccc21)c1ccc(N)cc1. The van der Waals surface area contributed by atoms with E-state index in [1.54, 1.807) is 36.4 Å². The molecule has 0 aliphatic carbocycles. The summed E-state index contributed by atoms with van der Waals surface area (Å²) in [6, 6.07) is 14.0. The summed E-state index contributed by atoms with van der Waals surface area (Å²) >= 11 is 0. The average molecular weight is 301 g/mol. The van der Waals surface area contributed by atoms with Crippen molar-refractivity contribution in [1.82, 2.24) is 4.72 Å². The first-order valence-electron chi connectivity index (χ1n) is 6.53. The molecule has 0 saturated heterocycles. The molecule has 0 fully saturated rings. The average Bonchev–Trinajstić information content (AvgIpc) is 2.71. The lowest BCUT2D eigenvalue weighted by atomic mass is 10.1. The Balaban J connectivity index is 2.00. The zero-order valence-corrected chi connectivity index (χ0v) is 12.3. The van der Waals surface area contributed by atoms with Gasteiger partial charge >= 0.3 is 0 Å². The van der Waals surface area contributed by atoms with Crippen LogP contribution >= 0.6 is 0 Å². The van der Waals surface area contributed by atoms with E-state index in [1.165, 1.54) is 0 Å². The van der Waals surface area contributed by atoms with Crippen LogP contribution in [0.4, 0.5) is 5.69 Å². The molecule has 2 aromatic rings. The van der Waals surface area contributed by atoms with Crippen LogP contribution in [0.1, 0.15) is 24.1 Å². The highest BCUT2D eigenvalue weighted by molar-refractivity contribution is 7.90. The molecule has 2 aromatic carbocycles. The summed E-state index contributed by atoms with van der Waals surface area (Å²) in [5.41, 5.74) is 7.93. The number of rotatable bonds is 2. The molecule has 0 spiro atoms. The van der Waals surface area contributed by atoms with Gasteiger partial charge in [0.2, 0.25) is 0 Å². The van der Waals surface area contributed by atoms with Gasteiger partial charge < -0.3 is 5.73 Å². The molecule has 0 amide bonds. The first-order chi connectivity index (χ1) is 9.97. The van der Waals surface area contributed by atoms with Crippen molar-refractivity contribution in [2.75, 3.05) is 5.73 Å². The van der Waals surface area contributed by atoms with Crippen LogP contribution in [-0.4, -0.2) is 14.3 Å². The van der Waals surface area contributed by atoms with Gasteiger partial charge in [-0.25, -0.2) is 8.42 Å². The molecule has 5 nitrogen and oxygen atoms in total. The van der Waals surface area contributed by atoms with Crippen molar-refractivity contribution in [2.24, 2.45) is 4.99 Å². The summed E-state index contributed by atoms with van der Waals surface area (Å²) in [5.74, 6) is 0.384. The van der Waals surface area contributed by atoms with Crippen LogP contribution in [0, 0.1) is 0 Å². The number of nitrogen functional groups attached to an aromatic ring is 1. The van der Waals surface area contributed by atoms with Gasteiger partial charge in [-0.15, -0.1) is 0 Å². The Bertz CT molecular complexity index is 811. The van der Waals surface area contributed by atoms with Crippen LogP contribution in [-0.2, 0) is 10.0 Å². The number of hydrogen-bond acceptors (Lipinski definition) is 4. The van der Waals surface area contributed by atoms with Crippen molar-refractivity contribution in [1.29, 1.82) is 0 Å². The summed E-state index contributed by atoms with van der Waals surface area (Å²) in [6.45, 7) is 1.91. The van der Waals surface area contributed by atoms with Gasteiger partial charge in [0.1, 0.15) is 5.84 Å². The topological polar surface area (TPSA) is 84.5 Å². The van der Waals surface area contributed by atoms with Crippen LogP contribution in [0.2, 0.25) is 0 Å². The molecule has 21 heavy (non-hydrogen) atoms. The summed E-state index contributed by atoms with van der Waals surface area (Å²) in [5, 5.41) is 0. The molecular formula is C15H15N3O2S. The van der Waals surface area contributed by atoms with Gasteiger partial charge in [-0.3, -0.25) is 9.71 Å². The summed E-state index contributed by atoms with van der Waals surface area (Å²) in [7, 11) is -3.49. The zero-order chi connectivity index (χ0) is 15.0. The normalized spacial score (nSPS) is 19.0. The highest BCUT2D eigenvalue weighted by Gasteiger charge is 2.30. The van der Waals surface area contributed by atoms with Crippen LogP contribution in [0.5, 0.6) is 0 Å². The fraction of sp³-hybridized carbons (Fsp3) is 0.133. The Hall–Kier alpha value is -2.34. The lowest BCUT2D eigenvalue weighted by Gasteiger charge is -2.09. The van der Waals surface area contributed by atoms with Gasteiger partial charge in [-0.1, -0.05) is 24.3 Å². The van der Waals surface area contributed by atoms with Gasteiger partial charge in [-0.05, 0) is 36.8 Å². The molecule has 108 valence electrons. The molecule has 3 N–H and O–H groups in total. The van der Waals surface area contributed by atoms with Crippen molar-refractivity contribution in [3.05, 3.63) is 59.7 Å². The number of benzene rings is 2. The second-order valence-corrected chi connectivity index (χ2v) is 6.57. The number of nitrogens with one attached hydrogen (secondary N) is 1. The van der Waals surface area contributed by atoms with Crippen molar-refractivity contribution in [3.63, 3.8) is 0 Å². The van der Waals surface area contributed by atoms with E-state index in [4.69, 9.17) is 5.73 Å². The molecule has 0 aromatic heterocycles. The number of nitrogens with zero attached hydrogens (tertiary/aromatic N) is 1. The van der Waals surface area contributed by atoms with Crippen molar-refractivity contribution < 1.29 is 8.42 Å². The number of amidine groups is 1. The Morgan fingerprint density at radius 1 is 1.10 bits per heavy atom. The number of aliphatic imine (C=N–C) groups is 1. The van der Waals surface area contributed by atoms with E-state index in [0.717, 1.165) is 5.56 Å². The molecule has 1 aliphatic heterocycles. The van der Waals surface area contributed by atoms with Crippen LogP contribution < -0.4 is 10.5 Å². The Morgan fingerprint density at radius 2 is 1.76 bits per heavy atom. The summed E-state index contributed by atoms with van der Waals surface area (Å²) in [6.07, 6.45) is 0. The van der Waals surface area contributed by atoms with Crippen LogP contribution in [0.15, 0.2) is 58.4 Å². The molecule has 3 rings (SSSR count). The maximum atomic E-state index is 12.0. The number of nitrogens with two attached hydrogens (primary N) is 1. The highest BCUT2D eigenvalue weighted by atomic mass is 32.2. The molecule has 0 radical (unpaired) electrons. The van der Waals surface area contributed by atoms with E-state index in [0.29, 0.717) is 17.1 Å². The largest absolute Gasteiger partial charge is 0.399 e. The number of hydrogen-bond donors (Lipinski definition) is 2. The number of sulfonamides is 1. The lowest BCUT2D eigenvalue weighted by molar-refractivity contribution is 0.595. The molecule has 1 atom stereocenters. The van der Waals surface area contributed by atoms with Gasteiger partial charge in [0.05, 0.1) is 10.9 Å². The second kappa shape index (κ2) is 4.89. The van der Waals surface area contributed by atoms with Crippen LogP contribution in [0.3, 0.4) is 0 Å². The minimum Gasteiger partial charge on any atom is -0.399 e. The second-order valence-electron chi connectivity index (χ2n) is 4.92. The molecule has 0 bridgehead atoms. The fourth-order valence-corrected chi connectivity index (χ4v) is 3.51. The minimum absolute atomic E-state index is 0.172. The molecular weight excluding hydrogens is 286 g/mol. The molecule has 6 heteroatoms. The number of fused-ring (bicyclic) bond motifs is 1. The quantitative estimate of drug-likeness (QED) is 0.833. The van der Waals surface area contributed by atoms with E-state index in [1.807, 2.05) is 19.1 Å². The third-order valence-electron chi connectivity index (χ3n) is 3.40. The maximum Gasteiger partial charge on any atom is 0.263 e. The van der Waals surface area contributed by atoms with E-state index < -0.39 is 10.0 Å². The third-order valence-corrected chi connectivity index (χ3v) is 4.80. The number of anilines is 1. The standard InChI is InChI=1S/C15H15N3O2S/c1-10(11-6-8-12(16)9-7-11)17-15-13-4-2-3-5-14(13)21(19,20)18-15/h2-10H,16H2,1H3,(H,17,18). The zero-order valence-electron chi connectivity index (χ0n) is 11.4.